The van der Waals surface area contributed by atoms with Crippen LogP contribution in [0.1, 0.15) is 45.4 Å². The molecular weight excluding hydrogens is 186 g/mol. The number of hydrogen-bond donors (Lipinski definition) is 0. The van der Waals surface area contributed by atoms with Gasteiger partial charge in [0.25, 0.3) is 0 Å². The van der Waals surface area contributed by atoms with E-state index in [1.54, 1.807) is 6.92 Å². The Kier molecular flexibility index (Phi) is 5.62. The van der Waals surface area contributed by atoms with Gasteiger partial charge in [-0.1, -0.05) is 12.5 Å². The minimum atomic E-state index is 0.329. The first kappa shape index (κ1) is 12.4. The van der Waals surface area contributed by atoms with Crippen molar-refractivity contribution in [3.8, 4) is 0 Å². The van der Waals surface area contributed by atoms with Crippen molar-refractivity contribution in [1.29, 1.82) is 0 Å². The molecular formula is C13H23NO. The molecule has 1 aliphatic rings. The van der Waals surface area contributed by atoms with Gasteiger partial charge in [0.1, 0.15) is 5.78 Å². The number of likely N-dealkylation sites (tertiary alicyclic amines) is 1. The topological polar surface area (TPSA) is 20.3 Å². The van der Waals surface area contributed by atoms with Crippen molar-refractivity contribution in [3.63, 3.8) is 0 Å². The molecule has 1 unspecified atom stereocenters. The van der Waals surface area contributed by atoms with E-state index < -0.39 is 0 Å². The van der Waals surface area contributed by atoms with Gasteiger partial charge < -0.3 is 0 Å². The molecule has 0 aliphatic carbocycles. The van der Waals surface area contributed by atoms with Crippen LogP contribution in [-0.4, -0.2) is 29.8 Å². The number of piperidine rings is 1. The summed E-state index contributed by atoms with van der Waals surface area (Å²) >= 11 is 0. The third-order valence-corrected chi connectivity index (χ3v) is 3.13. The Hall–Kier alpha value is -0.630. The van der Waals surface area contributed by atoms with Gasteiger partial charge in [-0.3, -0.25) is 9.69 Å². The smallest absolute Gasteiger partial charge is 0.131 e. The number of nitrogens with zero attached hydrogens (tertiary/aromatic N) is 1. The molecule has 1 heterocycles. The highest BCUT2D eigenvalue weighted by Gasteiger charge is 2.22. The third kappa shape index (κ3) is 4.61. The molecule has 0 aromatic heterocycles. The predicted molar refractivity (Wildman–Crippen MR) is 63.9 cm³/mol. The summed E-state index contributed by atoms with van der Waals surface area (Å²) in [7, 11) is 0. The van der Waals surface area contributed by atoms with Crippen molar-refractivity contribution in [2.45, 2.75) is 51.5 Å². The molecule has 1 fully saturated rings. The Morgan fingerprint density at radius 3 is 3.00 bits per heavy atom. The quantitative estimate of drug-likeness (QED) is 0.495. The molecule has 1 aliphatic heterocycles. The van der Waals surface area contributed by atoms with Crippen LogP contribution < -0.4 is 0 Å². The molecule has 0 amide bonds. The number of carbonyl (C=O) groups is 1. The van der Waals surface area contributed by atoms with Crippen LogP contribution in [0.5, 0.6) is 0 Å². The standard InChI is InChI=1S/C13H23NO/c1-3-4-6-9-14-10-7-5-8-13(14)11-12(2)15/h3,13H,1,4-11H2,2H3. The fourth-order valence-corrected chi connectivity index (χ4v) is 2.36. The van der Waals surface area contributed by atoms with E-state index in [9.17, 15) is 4.79 Å². The Balaban J connectivity index is 2.35. The van der Waals surface area contributed by atoms with Gasteiger partial charge in [-0.15, -0.1) is 6.58 Å². The van der Waals surface area contributed by atoms with E-state index >= 15 is 0 Å². The lowest BCUT2D eigenvalue weighted by atomic mass is 9.97. The van der Waals surface area contributed by atoms with Crippen LogP contribution >= 0.6 is 0 Å². The highest BCUT2D eigenvalue weighted by atomic mass is 16.1. The average molecular weight is 209 g/mol. The summed E-state index contributed by atoms with van der Waals surface area (Å²) < 4.78 is 0. The van der Waals surface area contributed by atoms with Gasteiger partial charge in [0.15, 0.2) is 0 Å². The second-order valence-corrected chi connectivity index (χ2v) is 4.52. The summed E-state index contributed by atoms with van der Waals surface area (Å²) in [5.74, 6) is 0.329. The van der Waals surface area contributed by atoms with E-state index in [0.29, 0.717) is 11.8 Å². The summed E-state index contributed by atoms with van der Waals surface area (Å²) in [5, 5.41) is 0. The van der Waals surface area contributed by atoms with E-state index in [1.807, 2.05) is 6.08 Å². The predicted octanol–water partition coefficient (Wildman–Crippen LogP) is 2.79. The fraction of sp³-hybridized carbons (Fsp3) is 0.769. The molecule has 15 heavy (non-hydrogen) atoms. The van der Waals surface area contributed by atoms with Crippen molar-refractivity contribution in [2.24, 2.45) is 0 Å². The number of allylic oxidation sites excluding steroid dienone is 1. The second-order valence-electron chi connectivity index (χ2n) is 4.52. The fourth-order valence-electron chi connectivity index (χ4n) is 2.36. The highest BCUT2D eigenvalue weighted by molar-refractivity contribution is 5.76. The zero-order valence-corrected chi connectivity index (χ0v) is 9.87. The molecule has 2 heteroatoms. The highest BCUT2D eigenvalue weighted by Crippen LogP contribution is 2.20. The van der Waals surface area contributed by atoms with Crippen LogP contribution in [-0.2, 0) is 4.79 Å². The molecule has 0 N–H and O–H groups in total. The first-order valence-corrected chi connectivity index (χ1v) is 6.08. The van der Waals surface area contributed by atoms with Crippen LogP contribution in [0.3, 0.4) is 0 Å². The Labute approximate surface area is 93.3 Å². The summed E-state index contributed by atoms with van der Waals surface area (Å²) in [4.78, 5) is 13.6. The number of hydrogen-bond acceptors (Lipinski definition) is 2. The molecule has 0 saturated carbocycles. The Morgan fingerprint density at radius 1 is 1.53 bits per heavy atom. The third-order valence-electron chi connectivity index (χ3n) is 3.13. The maximum Gasteiger partial charge on any atom is 0.131 e. The van der Waals surface area contributed by atoms with Crippen LogP contribution in [0.2, 0.25) is 0 Å². The maximum absolute atomic E-state index is 11.1. The second kappa shape index (κ2) is 6.78. The average Bonchev–Trinajstić information content (AvgIpc) is 2.20. The van der Waals surface area contributed by atoms with Gasteiger partial charge in [0.2, 0.25) is 0 Å². The molecule has 1 rings (SSSR count). The van der Waals surface area contributed by atoms with Crippen molar-refractivity contribution >= 4 is 5.78 Å². The molecule has 0 bridgehead atoms. The lowest BCUT2D eigenvalue weighted by molar-refractivity contribution is -0.118. The Bertz CT molecular complexity index is 213. The van der Waals surface area contributed by atoms with Gasteiger partial charge in [-0.05, 0) is 45.7 Å². The minimum Gasteiger partial charge on any atom is -0.300 e. The van der Waals surface area contributed by atoms with Crippen LogP contribution in [0, 0.1) is 0 Å². The van der Waals surface area contributed by atoms with Crippen LogP contribution in [0.25, 0.3) is 0 Å². The number of carbonyl (C=O) groups excluding carboxylic acids is 1. The molecule has 0 radical (unpaired) electrons. The summed E-state index contributed by atoms with van der Waals surface area (Å²) in [6.07, 6.45) is 8.77. The SMILES string of the molecule is C=CCCCN1CCCCC1CC(C)=O. The van der Waals surface area contributed by atoms with E-state index in [-0.39, 0.29) is 0 Å². The summed E-state index contributed by atoms with van der Waals surface area (Å²) in [6.45, 7) is 7.75. The Morgan fingerprint density at radius 2 is 2.33 bits per heavy atom. The van der Waals surface area contributed by atoms with Crippen molar-refractivity contribution in [2.75, 3.05) is 13.1 Å². The first-order valence-electron chi connectivity index (χ1n) is 6.08. The number of ketones is 1. The first-order chi connectivity index (χ1) is 7.24. The van der Waals surface area contributed by atoms with Gasteiger partial charge in [-0.2, -0.15) is 0 Å². The molecule has 0 aromatic rings. The van der Waals surface area contributed by atoms with Gasteiger partial charge >= 0.3 is 0 Å². The molecule has 0 aromatic carbocycles. The van der Waals surface area contributed by atoms with Crippen LogP contribution in [0.4, 0.5) is 0 Å². The van der Waals surface area contributed by atoms with E-state index in [2.05, 4.69) is 11.5 Å². The van der Waals surface area contributed by atoms with Crippen LogP contribution in [0.15, 0.2) is 12.7 Å². The number of rotatable bonds is 6. The van der Waals surface area contributed by atoms with Gasteiger partial charge in [0, 0.05) is 12.5 Å². The molecule has 2 nitrogen and oxygen atoms in total. The monoisotopic (exact) mass is 209 g/mol. The van der Waals surface area contributed by atoms with Crippen molar-refractivity contribution in [1.82, 2.24) is 4.90 Å². The van der Waals surface area contributed by atoms with E-state index in [0.717, 1.165) is 19.4 Å². The lowest BCUT2D eigenvalue weighted by Crippen LogP contribution is -2.41. The molecule has 1 saturated heterocycles. The normalized spacial score (nSPS) is 22.6. The van der Waals surface area contributed by atoms with E-state index in [4.69, 9.17) is 0 Å². The van der Waals surface area contributed by atoms with Gasteiger partial charge in [0.05, 0.1) is 0 Å². The minimum absolute atomic E-state index is 0.329. The van der Waals surface area contributed by atoms with E-state index in [1.165, 1.54) is 32.2 Å². The largest absolute Gasteiger partial charge is 0.300 e. The lowest BCUT2D eigenvalue weighted by Gasteiger charge is -2.35. The number of unbranched alkanes of at least 4 members (excludes halogenated alkanes) is 1. The zero-order valence-electron chi connectivity index (χ0n) is 9.87. The number of Topliss-reactive ketones (excluding diaryl/α,β-unsaturated/α-hetero) is 1. The molecule has 1 atom stereocenters. The van der Waals surface area contributed by atoms with Crippen molar-refractivity contribution in [3.05, 3.63) is 12.7 Å². The van der Waals surface area contributed by atoms with Crippen molar-refractivity contribution < 1.29 is 4.79 Å². The molecule has 86 valence electrons. The summed E-state index contributed by atoms with van der Waals surface area (Å²) in [5.41, 5.74) is 0. The maximum atomic E-state index is 11.1. The zero-order chi connectivity index (χ0) is 11.1. The van der Waals surface area contributed by atoms with Gasteiger partial charge in [-0.25, -0.2) is 0 Å². The molecule has 0 spiro atoms. The summed E-state index contributed by atoms with van der Waals surface area (Å²) in [6, 6.07) is 0.515.